The zero-order valence-corrected chi connectivity index (χ0v) is 10.1. The van der Waals surface area contributed by atoms with Crippen LogP contribution in [0.2, 0.25) is 0 Å². The van der Waals surface area contributed by atoms with Gasteiger partial charge in [-0.05, 0) is 30.2 Å². The van der Waals surface area contributed by atoms with Crippen molar-refractivity contribution >= 4 is 5.91 Å². The Labute approximate surface area is 108 Å². The maximum Gasteiger partial charge on any atom is 0.243 e. The molecule has 0 aliphatic heterocycles. The second-order valence-electron chi connectivity index (χ2n) is 4.50. The largest absolute Gasteiger partial charge is 0.352 e. The highest BCUT2D eigenvalue weighted by molar-refractivity contribution is 5.76. The third-order valence-corrected chi connectivity index (χ3v) is 2.76. The number of hydrogen-bond acceptors (Lipinski definition) is 4. The van der Waals surface area contributed by atoms with E-state index in [0.29, 0.717) is 17.4 Å². The molecule has 0 spiro atoms. The molecule has 1 saturated carbocycles. The van der Waals surface area contributed by atoms with Crippen molar-refractivity contribution in [3.8, 4) is 11.4 Å². The first kappa shape index (κ1) is 11.8. The molecule has 0 atom stereocenters. The molecule has 0 bridgehead atoms. The highest BCUT2D eigenvalue weighted by Gasteiger charge is 2.23. The minimum atomic E-state index is -0.361. The topological polar surface area (TPSA) is 72.7 Å². The second kappa shape index (κ2) is 4.75. The molecule has 3 rings (SSSR count). The zero-order chi connectivity index (χ0) is 13.2. The van der Waals surface area contributed by atoms with Gasteiger partial charge in [-0.2, -0.15) is 4.80 Å². The van der Waals surface area contributed by atoms with Crippen LogP contribution < -0.4 is 5.32 Å². The maximum atomic E-state index is 13.1. The van der Waals surface area contributed by atoms with Crippen molar-refractivity contribution < 1.29 is 9.18 Å². The van der Waals surface area contributed by atoms with Crippen molar-refractivity contribution in [1.82, 2.24) is 25.5 Å². The molecule has 0 unspecified atom stereocenters. The van der Waals surface area contributed by atoms with Crippen LogP contribution in [0, 0.1) is 5.82 Å². The van der Waals surface area contributed by atoms with Gasteiger partial charge >= 0.3 is 0 Å². The number of carbonyl (C=O) groups is 1. The van der Waals surface area contributed by atoms with Gasteiger partial charge in [-0.25, -0.2) is 4.39 Å². The molecule has 1 N–H and O–H groups in total. The average Bonchev–Trinajstić information content (AvgIpc) is 3.05. The third kappa shape index (κ3) is 2.93. The summed E-state index contributed by atoms with van der Waals surface area (Å²) in [4.78, 5) is 12.8. The Morgan fingerprint density at radius 2 is 2.32 bits per heavy atom. The maximum absolute atomic E-state index is 13.1. The number of nitrogens with one attached hydrogen (secondary N) is 1. The van der Waals surface area contributed by atoms with Gasteiger partial charge in [-0.3, -0.25) is 4.79 Å². The van der Waals surface area contributed by atoms with Gasteiger partial charge in [0.1, 0.15) is 12.4 Å². The van der Waals surface area contributed by atoms with Gasteiger partial charge in [-0.1, -0.05) is 12.1 Å². The lowest BCUT2D eigenvalue weighted by Gasteiger charge is -2.00. The predicted octanol–water partition coefficient (Wildman–Crippen LogP) is 0.758. The van der Waals surface area contributed by atoms with Crippen LogP contribution in [0.3, 0.4) is 0 Å². The van der Waals surface area contributed by atoms with Crippen LogP contribution in [-0.2, 0) is 11.3 Å². The number of carbonyl (C=O) groups excluding carboxylic acids is 1. The van der Waals surface area contributed by atoms with E-state index >= 15 is 0 Å². The zero-order valence-electron chi connectivity index (χ0n) is 10.1. The van der Waals surface area contributed by atoms with E-state index in [9.17, 15) is 9.18 Å². The minimum Gasteiger partial charge on any atom is -0.352 e. The van der Waals surface area contributed by atoms with Gasteiger partial charge in [0.2, 0.25) is 11.7 Å². The number of tetrazole rings is 1. The van der Waals surface area contributed by atoms with Crippen LogP contribution in [0.15, 0.2) is 24.3 Å². The number of rotatable bonds is 4. The molecular formula is C12H12FN5O. The highest BCUT2D eigenvalue weighted by atomic mass is 19.1. The molecule has 2 aromatic rings. The monoisotopic (exact) mass is 261 g/mol. The van der Waals surface area contributed by atoms with E-state index in [1.807, 2.05) is 0 Å². The molecule has 1 aromatic carbocycles. The third-order valence-electron chi connectivity index (χ3n) is 2.76. The molecule has 0 saturated heterocycles. The number of aromatic nitrogens is 4. The summed E-state index contributed by atoms with van der Waals surface area (Å²) in [6.07, 6.45) is 2.07. The lowest BCUT2D eigenvalue weighted by Crippen LogP contribution is -2.30. The Morgan fingerprint density at radius 3 is 3.05 bits per heavy atom. The van der Waals surface area contributed by atoms with Crippen molar-refractivity contribution in [3.05, 3.63) is 30.1 Å². The van der Waals surface area contributed by atoms with Gasteiger partial charge in [0.15, 0.2) is 0 Å². The van der Waals surface area contributed by atoms with E-state index in [-0.39, 0.29) is 18.3 Å². The van der Waals surface area contributed by atoms with Crippen LogP contribution in [0.1, 0.15) is 12.8 Å². The first-order chi connectivity index (χ1) is 9.20. The highest BCUT2D eigenvalue weighted by Crippen LogP contribution is 2.18. The Kier molecular flexibility index (Phi) is 2.94. The first-order valence-electron chi connectivity index (χ1n) is 6.04. The summed E-state index contributed by atoms with van der Waals surface area (Å²) < 4.78 is 13.1. The molecule has 1 aliphatic carbocycles. The molecule has 1 amide bonds. The first-order valence-corrected chi connectivity index (χ1v) is 6.04. The van der Waals surface area contributed by atoms with Crippen LogP contribution in [0.25, 0.3) is 11.4 Å². The normalized spacial score (nSPS) is 14.4. The summed E-state index contributed by atoms with van der Waals surface area (Å²) >= 11 is 0. The summed E-state index contributed by atoms with van der Waals surface area (Å²) in [5.74, 6) is -0.190. The van der Waals surface area contributed by atoms with E-state index in [0.717, 1.165) is 12.8 Å². The molecule has 6 nitrogen and oxygen atoms in total. The lowest BCUT2D eigenvalue weighted by atomic mass is 10.2. The number of benzene rings is 1. The van der Waals surface area contributed by atoms with Crippen LogP contribution >= 0.6 is 0 Å². The molecule has 19 heavy (non-hydrogen) atoms. The van der Waals surface area contributed by atoms with Gasteiger partial charge in [0.05, 0.1) is 0 Å². The van der Waals surface area contributed by atoms with Crippen molar-refractivity contribution in [2.45, 2.75) is 25.4 Å². The summed E-state index contributed by atoms with van der Waals surface area (Å²) in [6, 6.07) is 6.24. The molecule has 98 valence electrons. The van der Waals surface area contributed by atoms with E-state index in [1.165, 1.54) is 16.9 Å². The van der Waals surface area contributed by atoms with Crippen molar-refractivity contribution in [2.75, 3.05) is 0 Å². The molecular weight excluding hydrogens is 249 g/mol. The molecule has 1 heterocycles. The summed E-state index contributed by atoms with van der Waals surface area (Å²) in [7, 11) is 0. The molecule has 1 aromatic heterocycles. The standard InChI is InChI=1S/C12H12FN5O/c13-9-3-1-2-8(6-9)12-15-17-18(16-12)7-11(19)14-10-4-5-10/h1-3,6,10H,4-5,7H2,(H,14,19). The van der Waals surface area contributed by atoms with Crippen LogP contribution in [-0.4, -0.2) is 32.2 Å². The second-order valence-corrected chi connectivity index (χ2v) is 4.50. The fraction of sp³-hybridized carbons (Fsp3) is 0.333. The number of halogens is 1. The molecule has 1 aliphatic rings. The Bertz CT molecular complexity index is 608. The van der Waals surface area contributed by atoms with Gasteiger partial charge < -0.3 is 5.32 Å². The Morgan fingerprint density at radius 1 is 1.47 bits per heavy atom. The Balaban J connectivity index is 1.70. The van der Waals surface area contributed by atoms with Crippen LogP contribution in [0.4, 0.5) is 4.39 Å². The number of nitrogens with zero attached hydrogens (tertiary/aromatic N) is 4. The number of hydrogen-bond donors (Lipinski definition) is 1. The lowest BCUT2D eigenvalue weighted by molar-refractivity contribution is -0.122. The smallest absolute Gasteiger partial charge is 0.243 e. The summed E-state index contributed by atoms with van der Waals surface area (Å²) in [5.41, 5.74) is 0.536. The van der Waals surface area contributed by atoms with Gasteiger partial charge in [0.25, 0.3) is 0 Å². The molecule has 7 heteroatoms. The molecule has 1 fully saturated rings. The predicted molar refractivity (Wildman–Crippen MR) is 64.4 cm³/mol. The van der Waals surface area contributed by atoms with E-state index in [4.69, 9.17) is 0 Å². The average molecular weight is 261 g/mol. The van der Waals surface area contributed by atoms with Crippen molar-refractivity contribution in [1.29, 1.82) is 0 Å². The fourth-order valence-corrected chi connectivity index (χ4v) is 1.68. The summed E-state index contributed by atoms with van der Waals surface area (Å²) in [5, 5.41) is 14.5. The van der Waals surface area contributed by atoms with Crippen molar-refractivity contribution in [2.24, 2.45) is 0 Å². The van der Waals surface area contributed by atoms with Crippen molar-refractivity contribution in [3.63, 3.8) is 0 Å². The van der Waals surface area contributed by atoms with Gasteiger partial charge in [-0.15, -0.1) is 10.2 Å². The van der Waals surface area contributed by atoms with E-state index < -0.39 is 0 Å². The van der Waals surface area contributed by atoms with E-state index in [1.54, 1.807) is 12.1 Å². The van der Waals surface area contributed by atoms with Crippen LogP contribution in [0.5, 0.6) is 0 Å². The Hall–Kier alpha value is -2.31. The SMILES string of the molecule is O=C(Cn1nnc(-c2cccc(F)c2)n1)NC1CC1. The summed E-state index contributed by atoms with van der Waals surface area (Å²) in [6.45, 7) is 0.0266. The minimum absolute atomic E-state index is 0.0266. The number of amides is 1. The molecule has 0 radical (unpaired) electrons. The quantitative estimate of drug-likeness (QED) is 0.881. The van der Waals surface area contributed by atoms with E-state index in [2.05, 4.69) is 20.7 Å². The van der Waals surface area contributed by atoms with Gasteiger partial charge in [0, 0.05) is 11.6 Å². The fourth-order valence-electron chi connectivity index (χ4n) is 1.68.